The number of fused-ring (bicyclic) bond motifs is 1. The van der Waals surface area contributed by atoms with Crippen molar-refractivity contribution in [3.05, 3.63) is 90.5 Å². The first kappa shape index (κ1) is 23.7. The average molecular weight is 459 g/mol. The van der Waals surface area contributed by atoms with Crippen LogP contribution in [-0.4, -0.2) is 37.5 Å². The molecule has 34 heavy (non-hydrogen) atoms. The molecule has 0 spiro atoms. The minimum Gasteiger partial charge on any atom is -0.483 e. The molecule has 0 amide bonds. The maximum Gasteiger partial charge on any atom is 0.150 e. The van der Waals surface area contributed by atoms with E-state index >= 15 is 0 Å². The van der Waals surface area contributed by atoms with Crippen LogP contribution in [0.5, 0.6) is 5.75 Å². The van der Waals surface area contributed by atoms with Gasteiger partial charge in [-0.15, -0.1) is 0 Å². The third-order valence-corrected chi connectivity index (χ3v) is 5.84. The maximum atomic E-state index is 13.9. The van der Waals surface area contributed by atoms with Gasteiger partial charge < -0.3 is 14.4 Å². The maximum absolute atomic E-state index is 13.9. The Morgan fingerprint density at radius 3 is 2.29 bits per heavy atom. The third kappa shape index (κ3) is 5.72. The summed E-state index contributed by atoms with van der Waals surface area (Å²) in [5.74, 6) is 0.556. The van der Waals surface area contributed by atoms with Gasteiger partial charge in [-0.3, -0.25) is 0 Å². The fraction of sp³-hybridized carbons (Fsp3) is 0.276. The molecule has 1 atom stereocenters. The molecule has 0 aliphatic heterocycles. The van der Waals surface area contributed by atoms with Crippen molar-refractivity contribution in [2.75, 3.05) is 31.3 Å². The molecule has 4 rings (SSSR count). The number of hydrogen-bond donors (Lipinski definition) is 0. The molecule has 0 aliphatic rings. The molecule has 0 fully saturated rings. The van der Waals surface area contributed by atoms with E-state index in [4.69, 9.17) is 14.5 Å². The van der Waals surface area contributed by atoms with Crippen molar-refractivity contribution in [1.82, 2.24) is 4.98 Å². The summed E-state index contributed by atoms with van der Waals surface area (Å²) in [6.07, 6.45) is -0.722. The van der Waals surface area contributed by atoms with Gasteiger partial charge in [-0.2, -0.15) is 0 Å². The van der Waals surface area contributed by atoms with Gasteiger partial charge in [-0.25, -0.2) is 9.37 Å². The summed E-state index contributed by atoms with van der Waals surface area (Å²) in [4.78, 5) is 7.16. The molecule has 0 saturated heterocycles. The van der Waals surface area contributed by atoms with E-state index in [1.54, 1.807) is 0 Å². The molecule has 176 valence electrons. The van der Waals surface area contributed by atoms with Crippen molar-refractivity contribution >= 4 is 16.6 Å². The van der Waals surface area contributed by atoms with Crippen molar-refractivity contribution < 1.29 is 13.9 Å². The number of hydrogen-bond acceptors (Lipinski definition) is 4. The van der Waals surface area contributed by atoms with Gasteiger partial charge in [0.05, 0.1) is 18.7 Å². The smallest absolute Gasteiger partial charge is 0.150 e. The van der Waals surface area contributed by atoms with E-state index in [9.17, 15) is 4.39 Å². The van der Waals surface area contributed by atoms with E-state index in [0.29, 0.717) is 18.1 Å². The summed E-state index contributed by atoms with van der Waals surface area (Å²) >= 11 is 0. The molecule has 4 nitrogen and oxygen atoms in total. The van der Waals surface area contributed by atoms with E-state index in [1.165, 1.54) is 0 Å². The fourth-order valence-corrected chi connectivity index (χ4v) is 3.98. The number of pyridine rings is 1. The highest BCUT2D eigenvalue weighted by Gasteiger charge is 2.17. The van der Waals surface area contributed by atoms with Crippen LogP contribution < -0.4 is 9.64 Å². The van der Waals surface area contributed by atoms with Crippen molar-refractivity contribution in [1.29, 1.82) is 0 Å². The fourth-order valence-electron chi connectivity index (χ4n) is 3.98. The van der Waals surface area contributed by atoms with Crippen LogP contribution in [0.25, 0.3) is 22.2 Å². The second kappa shape index (κ2) is 11.6. The third-order valence-electron chi connectivity index (χ3n) is 5.84. The van der Waals surface area contributed by atoms with Crippen LogP contribution >= 0.6 is 0 Å². The van der Waals surface area contributed by atoms with Gasteiger partial charge in [0.1, 0.15) is 18.1 Å². The molecule has 1 unspecified atom stereocenters. The van der Waals surface area contributed by atoms with Gasteiger partial charge in [-0.05, 0) is 43.7 Å². The average Bonchev–Trinajstić information content (AvgIpc) is 2.89. The summed E-state index contributed by atoms with van der Waals surface area (Å²) < 4.78 is 25.8. The van der Waals surface area contributed by atoms with Gasteiger partial charge >= 0.3 is 0 Å². The molecular weight excluding hydrogens is 427 g/mol. The number of aromatic nitrogens is 1. The number of anilines is 1. The Labute approximate surface area is 201 Å². The van der Waals surface area contributed by atoms with Crippen molar-refractivity contribution in [2.24, 2.45) is 0 Å². The second-order valence-corrected chi connectivity index (χ2v) is 8.14. The summed E-state index contributed by atoms with van der Waals surface area (Å²) in [6, 6.07) is 28.0. The Balaban J connectivity index is 1.58. The number of para-hydroxylation sites is 1. The molecule has 5 heteroatoms. The normalized spacial score (nSPS) is 12.0. The quantitative estimate of drug-likeness (QED) is 0.251. The molecule has 1 heterocycles. The van der Waals surface area contributed by atoms with Gasteiger partial charge in [-0.1, -0.05) is 60.7 Å². The first-order chi connectivity index (χ1) is 16.7. The lowest BCUT2D eigenvalue weighted by atomic mass is 10.1. The van der Waals surface area contributed by atoms with E-state index < -0.39 is 12.8 Å². The number of alkyl halides is 1. The Kier molecular flexibility index (Phi) is 8.10. The molecule has 1 aromatic heterocycles. The van der Waals surface area contributed by atoms with Crippen LogP contribution in [0.4, 0.5) is 10.1 Å². The zero-order valence-corrected chi connectivity index (χ0v) is 19.8. The number of rotatable bonds is 11. The molecule has 0 saturated carbocycles. The highest BCUT2D eigenvalue weighted by atomic mass is 19.1. The molecular formula is C29H31FN2O2. The monoisotopic (exact) mass is 458 g/mol. The first-order valence-electron chi connectivity index (χ1n) is 11.8. The molecule has 0 N–H and O–H groups in total. The summed E-state index contributed by atoms with van der Waals surface area (Å²) in [5.41, 5.74) is 4.70. The van der Waals surface area contributed by atoms with Crippen molar-refractivity contribution in [2.45, 2.75) is 26.6 Å². The lowest BCUT2D eigenvalue weighted by molar-refractivity contribution is 0.0299. The van der Waals surface area contributed by atoms with E-state index in [0.717, 1.165) is 40.8 Å². The van der Waals surface area contributed by atoms with E-state index in [2.05, 4.69) is 30.9 Å². The van der Waals surface area contributed by atoms with Gasteiger partial charge in [0.2, 0.25) is 0 Å². The molecule has 0 bridgehead atoms. The van der Waals surface area contributed by atoms with Crippen molar-refractivity contribution in [3.8, 4) is 17.0 Å². The van der Waals surface area contributed by atoms with Gasteiger partial charge in [0.15, 0.2) is 6.10 Å². The SMILES string of the molecule is CCN(CC)c1ccc(-c2nc3ccccc3cc2OC(CF)COCc2ccccc2)cc1. The predicted octanol–water partition coefficient (Wildman–Crippen LogP) is 6.68. The molecule has 0 radical (unpaired) electrons. The first-order valence-corrected chi connectivity index (χ1v) is 11.8. The highest BCUT2D eigenvalue weighted by molar-refractivity contribution is 5.85. The Morgan fingerprint density at radius 1 is 0.882 bits per heavy atom. The minimum atomic E-state index is -0.722. The molecule has 3 aromatic carbocycles. The summed E-state index contributed by atoms with van der Waals surface area (Å²) in [6.45, 7) is 6.09. The zero-order chi connectivity index (χ0) is 23.8. The van der Waals surface area contributed by atoms with Crippen LogP contribution in [0.3, 0.4) is 0 Å². The number of benzene rings is 3. The van der Waals surface area contributed by atoms with Crippen LogP contribution in [0.15, 0.2) is 84.9 Å². The van der Waals surface area contributed by atoms with E-state index in [-0.39, 0.29) is 6.61 Å². The lowest BCUT2D eigenvalue weighted by Crippen LogP contribution is -2.25. The number of ether oxygens (including phenoxy) is 2. The zero-order valence-electron chi connectivity index (χ0n) is 19.8. The Morgan fingerprint density at radius 2 is 1.59 bits per heavy atom. The van der Waals surface area contributed by atoms with Gasteiger partial charge in [0, 0.05) is 29.7 Å². The van der Waals surface area contributed by atoms with Crippen LogP contribution in [0.1, 0.15) is 19.4 Å². The minimum absolute atomic E-state index is 0.151. The number of halogens is 1. The number of nitrogens with zero attached hydrogens (tertiary/aromatic N) is 2. The van der Waals surface area contributed by atoms with Gasteiger partial charge in [0.25, 0.3) is 0 Å². The highest BCUT2D eigenvalue weighted by Crippen LogP contribution is 2.33. The molecule has 0 aliphatic carbocycles. The topological polar surface area (TPSA) is 34.6 Å². The standard InChI is InChI=1S/C29H31FN2O2/c1-3-32(4-2)25-16-14-23(15-17-25)29-28(18-24-12-8-9-13-27(24)31-29)34-26(19-30)21-33-20-22-10-6-5-7-11-22/h5-18,26H,3-4,19-21H2,1-2H3. The van der Waals surface area contributed by atoms with Crippen LogP contribution in [0, 0.1) is 0 Å². The van der Waals surface area contributed by atoms with Crippen molar-refractivity contribution in [3.63, 3.8) is 0 Å². The second-order valence-electron chi connectivity index (χ2n) is 8.14. The Bertz CT molecular complexity index is 1180. The summed E-state index contributed by atoms with van der Waals surface area (Å²) in [5, 5.41) is 0.948. The summed E-state index contributed by atoms with van der Waals surface area (Å²) in [7, 11) is 0. The largest absolute Gasteiger partial charge is 0.483 e. The van der Waals surface area contributed by atoms with Crippen LogP contribution in [-0.2, 0) is 11.3 Å². The van der Waals surface area contributed by atoms with Crippen LogP contribution in [0.2, 0.25) is 0 Å². The molecule has 4 aromatic rings. The lowest BCUT2D eigenvalue weighted by Gasteiger charge is -2.22. The Hall–Kier alpha value is -3.44. The predicted molar refractivity (Wildman–Crippen MR) is 137 cm³/mol. The van der Waals surface area contributed by atoms with E-state index in [1.807, 2.05) is 72.8 Å².